The second kappa shape index (κ2) is 6.11. The van der Waals surface area contributed by atoms with Crippen molar-refractivity contribution in [2.45, 2.75) is 23.8 Å². The van der Waals surface area contributed by atoms with Gasteiger partial charge in [-0.05, 0) is 43.0 Å². The average Bonchev–Trinajstić information content (AvgIpc) is 3.23. The molecule has 0 bridgehead atoms. The Bertz CT molecular complexity index is 536. The van der Waals surface area contributed by atoms with Crippen LogP contribution in [-0.2, 0) is 14.8 Å². The predicted octanol–water partition coefficient (Wildman–Crippen LogP) is 1.77. The summed E-state index contributed by atoms with van der Waals surface area (Å²) in [5.74, 6) is 0.667. The summed E-state index contributed by atoms with van der Waals surface area (Å²) in [6, 6.07) is 7.18. The molecule has 1 fully saturated rings. The Labute approximate surface area is 121 Å². The van der Waals surface area contributed by atoms with Crippen molar-refractivity contribution in [3.8, 4) is 0 Å². The number of nitrogens with one attached hydrogen (secondary N) is 1. The van der Waals surface area contributed by atoms with Gasteiger partial charge in [0.1, 0.15) is 0 Å². The molecular weight excluding hydrogens is 276 g/mol. The standard InChI is InChI=1S/C14H22N2O3S/c1-16(2)20(17,18)13-8-6-12(7-9-13)15-14(10-19-3)11-4-5-11/h6-9,11,14-15H,4-5,10H2,1-3H3. The normalized spacial score (nSPS) is 17.2. The Morgan fingerprint density at radius 1 is 1.30 bits per heavy atom. The zero-order valence-electron chi connectivity index (χ0n) is 12.2. The fourth-order valence-corrected chi connectivity index (χ4v) is 3.02. The minimum atomic E-state index is -3.36. The summed E-state index contributed by atoms with van der Waals surface area (Å²) in [4.78, 5) is 0.308. The van der Waals surface area contributed by atoms with Crippen molar-refractivity contribution < 1.29 is 13.2 Å². The van der Waals surface area contributed by atoms with Crippen LogP contribution in [0.25, 0.3) is 0 Å². The smallest absolute Gasteiger partial charge is 0.242 e. The summed E-state index contributed by atoms with van der Waals surface area (Å²) in [6.07, 6.45) is 2.46. The number of ether oxygens (including phenoxy) is 1. The fourth-order valence-electron chi connectivity index (χ4n) is 2.12. The van der Waals surface area contributed by atoms with E-state index in [4.69, 9.17) is 4.74 Å². The molecule has 1 aromatic carbocycles. The van der Waals surface area contributed by atoms with E-state index in [1.165, 1.54) is 31.2 Å². The van der Waals surface area contributed by atoms with Crippen LogP contribution in [0.3, 0.4) is 0 Å². The van der Waals surface area contributed by atoms with Crippen molar-refractivity contribution in [3.05, 3.63) is 24.3 Å². The summed E-state index contributed by atoms with van der Waals surface area (Å²) in [7, 11) is 1.40. The summed E-state index contributed by atoms with van der Waals surface area (Å²) in [6.45, 7) is 0.669. The van der Waals surface area contributed by atoms with Crippen molar-refractivity contribution in [2.75, 3.05) is 33.1 Å². The third-order valence-electron chi connectivity index (χ3n) is 3.52. The lowest BCUT2D eigenvalue weighted by atomic mass is 10.2. The van der Waals surface area contributed by atoms with Gasteiger partial charge >= 0.3 is 0 Å². The summed E-state index contributed by atoms with van der Waals surface area (Å²) >= 11 is 0. The first-order chi connectivity index (χ1) is 9.45. The van der Waals surface area contributed by atoms with E-state index in [0.29, 0.717) is 23.5 Å². The number of sulfonamides is 1. The first-order valence-corrected chi connectivity index (χ1v) is 8.17. The van der Waals surface area contributed by atoms with Gasteiger partial charge in [-0.15, -0.1) is 0 Å². The van der Waals surface area contributed by atoms with Crippen LogP contribution in [0.1, 0.15) is 12.8 Å². The molecule has 1 N–H and O–H groups in total. The molecule has 0 spiro atoms. The van der Waals surface area contributed by atoms with Gasteiger partial charge in [0.15, 0.2) is 0 Å². The second-order valence-electron chi connectivity index (χ2n) is 5.36. The van der Waals surface area contributed by atoms with Crippen molar-refractivity contribution >= 4 is 15.7 Å². The van der Waals surface area contributed by atoms with Crippen molar-refractivity contribution in [3.63, 3.8) is 0 Å². The van der Waals surface area contributed by atoms with E-state index in [0.717, 1.165) is 5.69 Å². The maximum Gasteiger partial charge on any atom is 0.242 e. The Hall–Kier alpha value is -1.11. The van der Waals surface area contributed by atoms with Gasteiger partial charge in [0.25, 0.3) is 0 Å². The molecule has 1 unspecified atom stereocenters. The van der Waals surface area contributed by atoms with Crippen molar-refractivity contribution in [2.24, 2.45) is 5.92 Å². The number of anilines is 1. The highest BCUT2D eigenvalue weighted by Crippen LogP contribution is 2.34. The zero-order valence-corrected chi connectivity index (χ0v) is 13.0. The number of hydrogen-bond donors (Lipinski definition) is 1. The van der Waals surface area contributed by atoms with Crippen LogP contribution >= 0.6 is 0 Å². The van der Waals surface area contributed by atoms with Gasteiger partial charge in [-0.2, -0.15) is 0 Å². The molecule has 0 saturated heterocycles. The molecule has 0 aliphatic heterocycles. The van der Waals surface area contributed by atoms with Crippen LogP contribution in [0.5, 0.6) is 0 Å². The third kappa shape index (κ3) is 3.50. The molecule has 6 heteroatoms. The van der Waals surface area contributed by atoms with Crippen LogP contribution in [0, 0.1) is 5.92 Å². The Kier molecular flexibility index (Phi) is 4.67. The Balaban J connectivity index is 2.08. The molecular formula is C14H22N2O3S. The maximum absolute atomic E-state index is 12.0. The summed E-state index contributed by atoms with van der Waals surface area (Å²) in [5, 5.41) is 3.42. The largest absolute Gasteiger partial charge is 0.383 e. The lowest BCUT2D eigenvalue weighted by Gasteiger charge is -2.19. The van der Waals surface area contributed by atoms with Crippen molar-refractivity contribution in [1.82, 2.24) is 4.31 Å². The molecule has 1 aliphatic rings. The third-order valence-corrected chi connectivity index (χ3v) is 5.35. The lowest BCUT2D eigenvalue weighted by molar-refractivity contribution is 0.179. The second-order valence-corrected chi connectivity index (χ2v) is 7.51. The van der Waals surface area contributed by atoms with Crippen LogP contribution in [0.15, 0.2) is 29.2 Å². The quantitative estimate of drug-likeness (QED) is 0.833. The highest BCUT2D eigenvalue weighted by atomic mass is 32.2. The van der Waals surface area contributed by atoms with E-state index in [1.54, 1.807) is 31.4 Å². The molecule has 1 aromatic rings. The Morgan fingerprint density at radius 3 is 2.35 bits per heavy atom. The molecule has 0 aromatic heterocycles. The first kappa shape index (κ1) is 15.3. The molecule has 0 radical (unpaired) electrons. The molecule has 20 heavy (non-hydrogen) atoms. The maximum atomic E-state index is 12.0. The lowest BCUT2D eigenvalue weighted by Crippen LogP contribution is -2.27. The monoisotopic (exact) mass is 298 g/mol. The Morgan fingerprint density at radius 2 is 1.90 bits per heavy atom. The van der Waals surface area contributed by atoms with Gasteiger partial charge in [0, 0.05) is 26.9 Å². The number of hydrogen-bond acceptors (Lipinski definition) is 4. The van der Waals surface area contributed by atoms with E-state index in [-0.39, 0.29) is 0 Å². The van der Waals surface area contributed by atoms with Crippen LogP contribution < -0.4 is 5.32 Å². The van der Waals surface area contributed by atoms with Gasteiger partial charge in [-0.25, -0.2) is 12.7 Å². The summed E-state index contributed by atoms with van der Waals surface area (Å²) in [5.41, 5.74) is 0.927. The number of rotatable bonds is 7. The van der Waals surface area contributed by atoms with E-state index in [1.807, 2.05) is 0 Å². The minimum absolute atomic E-state index is 0.302. The molecule has 0 heterocycles. The first-order valence-electron chi connectivity index (χ1n) is 6.73. The molecule has 2 rings (SSSR count). The fraction of sp³-hybridized carbons (Fsp3) is 0.571. The van der Waals surface area contributed by atoms with Gasteiger partial charge in [-0.3, -0.25) is 0 Å². The molecule has 1 saturated carbocycles. The van der Waals surface area contributed by atoms with Crippen LogP contribution in [0.4, 0.5) is 5.69 Å². The average molecular weight is 298 g/mol. The van der Waals surface area contributed by atoms with E-state index < -0.39 is 10.0 Å². The van der Waals surface area contributed by atoms with E-state index in [2.05, 4.69) is 5.32 Å². The predicted molar refractivity (Wildman–Crippen MR) is 79.3 cm³/mol. The zero-order chi connectivity index (χ0) is 14.8. The molecule has 5 nitrogen and oxygen atoms in total. The molecule has 1 atom stereocenters. The SMILES string of the molecule is COCC(Nc1ccc(S(=O)(=O)N(C)C)cc1)C1CC1. The molecule has 112 valence electrons. The van der Waals surface area contributed by atoms with Crippen LogP contribution in [0.2, 0.25) is 0 Å². The highest BCUT2D eigenvalue weighted by Gasteiger charge is 2.31. The van der Waals surface area contributed by atoms with Crippen LogP contribution in [-0.4, -0.2) is 46.6 Å². The molecule has 1 aliphatic carbocycles. The van der Waals surface area contributed by atoms with E-state index >= 15 is 0 Å². The minimum Gasteiger partial charge on any atom is -0.383 e. The van der Waals surface area contributed by atoms with E-state index in [9.17, 15) is 8.42 Å². The highest BCUT2D eigenvalue weighted by molar-refractivity contribution is 7.89. The number of nitrogens with zero attached hydrogens (tertiary/aromatic N) is 1. The van der Waals surface area contributed by atoms with Gasteiger partial charge in [0.2, 0.25) is 10.0 Å². The molecule has 0 amide bonds. The van der Waals surface area contributed by atoms with Gasteiger partial charge in [-0.1, -0.05) is 0 Å². The summed E-state index contributed by atoms with van der Waals surface area (Å²) < 4.78 is 30.4. The number of methoxy groups -OCH3 is 1. The number of benzene rings is 1. The topological polar surface area (TPSA) is 58.6 Å². The van der Waals surface area contributed by atoms with Gasteiger partial charge in [0.05, 0.1) is 17.5 Å². The van der Waals surface area contributed by atoms with Crippen molar-refractivity contribution in [1.29, 1.82) is 0 Å². The van der Waals surface area contributed by atoms with Gasteiger partial charge < -0.3 is 10.1 Å².